The van der Waals surface area contributed by atoms with Crippen LogP contribution in [0.4, 0.5) is 0 Å². The molecule has 0 saturated heterocycles. The van der Waals surface area contributed by atoms with Crippen molar-refractivity contribution in [3.63, 3.8) is 0 Å². The van der Waals surface area contributed by atoms with Gasteiger partial charge in [-0.15, -0.1) is 0 Å². The molecule has 1 aromatic rings. The van der Waals surface area contributed by atoms with Crippen LogP contribution >= 0.6 is 11.8 Å². The van der Waals surface area contributed by atoms with Crippen LogP contribution in [0.2, 0.25) is 0 Å². The van der Waals surface area contributed by atoms with Crippen LogP contribution in [0, 0.1) is 0 Å². The number of thioether (sulfide) groups is 1. The van der Waals surface area contributed by atoms with Crippen LogP contribution in [-0.2, 0) is 0 Å². The molecule has 1 amide bonds. The Morgan fingerprint density at radius 1 is 1.43 bits per heavy atom. The number of amides is 1. The average molecular weight is 308 g/mol. The number of aromatic nitrogens is 1. The van der Waals surface area contributed by atoms with E-state index in [2.05, 4.69) is 17.2 Å². The van der Waals surface area contributed by atoms with Crippen LogP contribution < -0.4 is 5.32 Å². The van der Waals surface area contributed by atoms with Crippen molar-refractivity contribution in [2.45, 2.75) is 43.9 Å². The Morgan fingerprint density at radius 3 is 2.90 bits per heavy atom. The van der Waals surface area contributed by atoms with Gasteiger partial charge in [0.1, 0.15) is 5.69 Å². The summed E-state index contributed by atoms with van der Waals surface area (Å²) in [7, 11) is 0. The molecular weight excluding hydrogens is 288 g/mol. The fraction of sp³-hybridized carbons (Fsp3) is 0.533. The molecule has 0 aromatic carbocycles. The van der Waals surface area contributed by atoms with Gasteiger partial charge in [-0.3, -0.25) is 4.79 Å². The maximum atomic E-state index is 12.3. The molecule has 5 nitrogen and oxygen atoms in total. The molecule has 2 atom stereocenters. The Morgan fingerprint density at radius 2 is 2.19 bits per heavy atom. The van der Waals surface area contributed by atoms with Crippen molar-refractivity contribution < 1.29 is 14.7 Å². The third-order valence-electron chi connectivity index (χ3n) is 3.64. The van der Waals surface area contributed by atoms with Gasteiger partial charge in [0.05, 0.1) is 0 Å². The minimum atomic E-state index is -1.12. The number of carbonyl (C=O) groups excluding carboxylic acids is 1. The summed E-state index contributed by atoms with van der Waals surface area (Å²) in [5, 5.41) is 12.4. The zero-order valence-electron chi connectivity index (χ0n) is 12.0. The van der Waals surface area contributed by atoms with Gasteiger partial charge >= 0.3 is 5.97 Å². The summed E-state index contributed by atoms with van der Waals surface area (Å²) in [6, 6.07) is 3.03. The first kappa shape index (κ1) is 15.8. The predicted octanol–water partition coefficient (Wildman–Crippen LogP) is 2.57. The summed E-state index contributed by atoms with van der Waals surface area (Å²) in [4.78, 5) is 26.9. The molecule has 1 fully saturated rings. The average Bonchev–Trinajstić information content (AvgIpc) is 2.49. The standard InChI is InChI=1S/C15H20N2O3S/c1-2-21-13-6-4-3-5-11(13)17-14(18)10-7-8-16-12(9-10)15(19)20/h7-9,11,13H,2-6H2,1H3,(H,17,18)(H,19,20). The lowest BCUT2D eigenvalue weighted by molar-refractivity contribution is 0.0690. The number of hydrogen-bond donors (Lipinski definition) is 2. The highest BCUT2D eigenvalue weighted by molar-refractivity contribution is 7.99. The topological polar surface area (TPSA) is 79.3 Å². The quantitative estimate of drug-likeness (QED) is 0.874. The molecular formula is C15H20N2O3S. The molecule has 2 N–H and O–H groups in total. The lowest BCUT2D eigenvalue weighted by atomic mass is 9.94. The van der Waals surface area contributed by atoms with E-state index in [4.69, 9.17) is 5.11 Å². The van der Waals surface area contributed by atoms with Crippen molar-refractivity contribution in [3.05, 3.63) is 29.6 Å². The van der Waals surface area contributed by atoms with Crippen LogP contribution in [0.3, 0.4) is 0 Å². The molecule has 0 bridgehead atoms. The van der Waals surface area contributed by atoms with E-state index < -0.39 is 5.97 Å². The second-order valence-corrected chi connectivity index (χ2v) is 6.61. The number of carbonyl (C=O) groups is 2. The molecule has 1 saturated carbocycles. The zero-order chi connectivity index (χ0) is 15.2. The third kappa shape index (κ3) is 4.20. The number of pyridine rings is 1. The number of carboxylic acids is 1. The first-order valence-corrected chi connectivity index (χ1v) is 8.28. The Bertz CT molecular complexity index is 519. The molecule has 1 aliphatic rings. The zero-order valence-corrected chi connectivity index (χ0v) is 12.9. The SMILES string of the molecule is CCSC1CCCCC1NC(=O)c1ccnc(C(=O)O)c1. The highest BCUT2D eigenvalue weighted by Gasteiger charge is 2.26. The van der Waals surface area contributed by atoms with Crippen LogP contribution in [0.1, 0.15) is 53.5 Å². The molecule has 2 rings (SSSR count). The Kier molecular flexibility index (Phi) is 5.61. The van der Waals surface area contributed by atoms with Crippen LogP contribution in [-0.4, -0.2) is 39.0 Å². The first-order valence-electron chi connectivity index (χ1n) is 7.23. The Labute approximate surface area is 128 Å². The van der Waals surface area contributed by atoms with E-state index in [1.165, 1.54) is 18.7 Å². The molecule has 114 valence electrons. The molecule has 0 aliphatic heterocycles. The van der Waals surface area contributed by atoms with E-state index in [-0.39, 0.29) is 17.6 Å². The number of nitrogens with one attached hydrogen (secondary N) is 1. The first-order chi connectivity index (χ1) is 10.1. The number of carboxylic acid groups (broad SMARTS) is 1. The van der Waals surface area contributed by atoms with E-state index in [1.807, 2.05) is 11.8 Å². The van der Waals surface area contributed by atoms with Crippen molar-refractivity contribution in [3.8, 4) is 0 Å². The summed E-state index contributed by atoms with van der Waals surface area (Å²) >= 11 is 1.88. The van der Waals surface area contributed by atoms with E-state index in [1.54, 1.807) is 6.07 Å². The summed E-state index contributed by atoms with van der Waals surface area (Å²) in [6.07, 6.45) is 5.81. The largest absolute Gasteiger partial charge is 0.477 e. The van der Waals surface area contributed by atoms with E-state index in [0.717, 1.165) is 25.0 Å². The molecule has 0 spiro atoms. The minimum absolute atomic E-state index is 0.106. The fourth-order valence-electron chi connectivity index (χ4n) is 2.62. The molecule has 1 aromatic heterocycles. The van der Waals surface area contributed by atoms with Crippen molar-refractivity contribution in [2.75, 3.05) is 5.75 Å². The smallest absolute Gasteiger partial charge is 0.354 e. The lowest BCUT2D eigenvalue weighted by Crippen LogP contribution is -2.43. The predicted molar refractivity (Wildman–Crippen MR) is 82.8 cm³/mol. The second kappa shape index (κ2) is 7.45. The second-order valence-electron chi connectivity index (χ2n) is 5.09. The fourth-order valence-corrected chi connectivity index (χ4v) is 3.81. The van der Waals surface area contributed by atoms with Gasteiger partial charge in [-0.05, 0) is 30.7 Å². The number of nitrogens with zero attached hydrogens (tertiary/aromatic N) is 1. The van der Waals surface area contributed by atoms with E-state index in [0.29, 0.717) is 10.8 Å². The van der Waals surface area contributed by atoms with Gasteiger partial charge in [-0.1, -0.05) is 19.8 Å². The number of rotatable bonds is 5. The van der Waals surface area contributed by atoms with Crippen LogP contribution in [0.15, 0.2) is 18.3 Å². The summed E-state index contributed by atoms with van der Waals surface area (Å²) in [5.41, 5.74) is 0.249. The Balaban J connectivity index is 2.05. The lowest BCUT2D eigenvalue weighted by Gasteiger charge is -2.31. The molecule has 0 radical (unpaired) electrons. The van der Waals surface area contributed by atoms with Gasteiger partial charge in [0, 0.05) is 23.1 Å². The highest BCUT2D eigenvalue weighted by Crippen LogP contribution is 2.28. The molecule has 2 unspecified atom stereocenters. The highest BCUT2D eigenvalue weighted by atomic mass is 32.2. The van der Waals surface area contributed by atoms with Crippen LogP contribution in [0.5, 0.6) is 0 Å². The van der Waals surface area contributed by atoms with Crippen molar-refractivity contribution in [1.82, 2.24) is 10.3 Å². The maximum absolute atomic E-state index is 12.3. The number of hydrogen-bond acceptors (Lipinski definition) is 4. The number of aromatic carboxylic acids is 1. The monoisotopic (exact) mass is 308 g/mol. The van der Waals surface area contributed by atoms with E-state index >= 15 is 0 Å². The Hall–Kier alpha value is -1.56. The maximum Gasteiger partial charge on any atom is 0.354 e. The summed E-state index contributed by atoms with van der Waals surface area (Å²) in [6.45, 7) is 2.13. The molecule has 6 heteroatoms. The summed E-state index contributed by atoms with van der Waals surface area (Å²) in [5.74, 6) is -0.301. The van der Waals surface area contributed by atoms with Crippen LogP contribution in [0.25, 0.3) is 0 Å². The van der Waals surface area contributed by atoms with Crippen molar-refractivity contribution >= 4 is 23.6 Å². The third-order valence-corrected chi connectivity index (χ3v) is 4.97. The summed E-state index contributed by atoms with van der Waals surface area (Å²) < 4.78 is 0. The van der Waals surface area contributed by atoms with Crippen molar-refractivity contribution in [1.29, 1.82) is 0 Å². The van der Waals surface area contributed by atoms with Gasteiger partial charge in [-0.2, -0.15) is 11.8 Å². The van der Waals surface area contributed by atoms with E-state index in [9.17, 15) is 9.59 Å². The van der Waals surface area contributed by atoms with Gasteiger partial charge in [0.2, 0.25) is 0 Å². The van der Waals surface area contributed by atoms with Gasteiger partial charge in [0.15, 0.2) is 0 Å². The van der Waals surface area contributed by atoms with Crippen molar-refractivity contribution in [2.24, 2.45) is 0 Å². The molecule has 1 heterocycles. The van der Waals surface area contributed by atoms with Gasteiger partial charge in [0.25, 0.3) is 5.91 Å². The van der Waals surface area contributed by atoms with Gasteiger partial charge in [-0.25, -0.2) is 9.78 Å². The minimum Gasteiger partial charge on any atom is -0.477 e. The molecule has 21 heavy (non-hydrogen) atoms. The van der Waals surface area contributed by atoms with Gasteiger partial charge < -0.3 is 10.4 Å². The normalized spacial score (nSPS) is 21.8. The molecule has 1 aliphatic carbocycles.